The number of hydrogen-bond acceptors (Lipinski definition) is 4. The first-order valence-electron chi connectivity index (χ1n) is 3.84. The normalized spacial score (nSPS) is 9.69. The zero-order chi connectivity index (χ0) is 9.84. The number of nitrogens with two attached hydrogens (primary N) is 1. The molecule has 13 heavy (non-hydrogen) atoms. The highest BCUT2D eigenvalue weighted by atomic mass is 16.5. The predicted molar refractivity (Wildman–Crippen MR) is 47.3 cm³/mol. The third-order valence-electron chi connectivity index (χ3n) is 1.57. The van der Waals surface area contributed by atoms with Gasteiger partial charge in [0, 0.05) is 13.5 Å². The number of ether oxygens (including phenoxy) is 1. The summed E-state index contributed by atoms with van der Waals surface area (Å²) in [7, 11) is 0. The van der Waals surface area contributed by atoms with Crippen molar-refractivity contribution in [2.75, 3.05) is 0 Å². The van der Waals surface area contributed by atoms with Gasteiger partial charge >= 0.3 is 5.97 Å². The Balaban J connectivity index is 3.05. The van der Waals surface area contributed by atoms with Gasteiger partial charge in [0.1, 0.15) is 11.5 Å². The van der Waals surface area contributed by atoms with E-state index in [1.54, 1.807) is 12.1 Å². The first kappa shape index (κ1) is 9.54. The highest BCUT2D eigenvalue weighted by Gasteiger charge is 2.08. The summed E-state index contributed by atoms with van der Waals surface area (Å²) in [5.74, 6) is -0.0726. The molecule has 0 unspecified atom stereocenters. The Morgan fingerprint density at radius 1 is 1.62 bits per heavy atom. The van der Waals surface area contributed by atoms with Crippen molar-refractivity contribution in [3.05, 3.63) is 23.8 Å². The minimum atomic E-state index is -0.430. The Kier molecular flexibility index (Phi) is 2.87. The summed E-state index contributed by atoms with van der Waals surface area (Å²) < 4.78 is 4.84. The van der Waals surface area contributed by atoms with Crippen molar-refractivity contribution in [2.45, 2.75) is 13.5 Å². The molecule has 0 atom stereocenters. The first-order chi connectivity index (χ1) is 6.15. The molecule has 0 aromatic heterocycles. The summed E-state index contributed by atoms with van der Waals surface area (Å²) in [6, 6.07) is 4.67. The Bertz CT molecular complexity index is 323. The molecule has 1 rings (SSSR count). The first-order valence-corrected chi connectivity index (χ1v) is 3.84. The molecule has 0 amide bonds. The molecule has 0 aliphatic heterocycles. The predicted octanol–water partition coefficient (Wildman–Crippen LogP) is 0.776. The van der Waals surface area contributed by atoms with Gasteiger partial charge in [0.2, 0.25) is 0 Å². The van der Waals surface area contributed by atoms with Gasteiger partial charge < -0.3 is 15.6 Å². The van der Waals surface area contributed by atoms with Crippen molar-refractivity contribution in [3.63, 3.8) is 0 Å². The maximum atomic E-state index is 10.6. The average Bonchev–Trinajstić information content (AvgIpc) is 2.03. The van der Waals surface area contributed by atoms with E-state index < -0.39 is 5.97 Å². The molecule has 0 aliphatic rings. The van der Waals surface area contributed by atoms with Crippen LogP contribution in [0.3, 0.4) is 0 Å². The van der Waals surface area contributed by atoms with Gasteiger partial charge in [0.25, 0.3) is 0 Å². The van der Waals surface area contributed by atoms with Crippen molar-refractivity contribution in [2.24, 2.45) is 5.73 Å². The molecule has 0 aliphatic carbocycles. The molecule has 1 aromatic rings. The van der Waals surface area contributed by atoms with Gasteiger partial charge in [-0.05, 0) is 12.1 Å². The average molecular weight is 181 g/mol. The van der Waals surface area contributed by atoms with E-state index in [2.05, 4.69) is 0 Å². The van der Waals surface area contributed by atoms with E-state index in [4.69, 9.17) is 10.5 Å². The molecule has 0 fully saturated rings. The lowest BCUT2D eigenvalue weighted by molar-refractivity contribution is -0.131. The summed E-state index contributed by atoms with van der Waals surface area (Å²) in [6.45, 7) is 1.43. The summed E-state index contributed by atoms with van der Waals surface area (Å²) in [5, 5.41) is 9.33. The summed E-state index contributed by atoms with van der Waals surface area (Å²) >= 11 is 0. The minimum absolute atomic E-state index is 0.0428. The van der Waals surface area contributed by atoms with Gasteiger partial charge in [-0.3, -0.25) is 4.79 Å². The third-order valence-corrected chi connectivity index (χ3v) is 1.57. The number of carbonyl (C=O) groups excluding carboxylic acids is 1. The molecule has 4 heteroatoms. The standard InChI is InChI=1S/C9H11NO3/c1-6(11)13-9-4-2-3-8(12)7(9)5-10/h2-4,12H,5,10H2,1H3. The minimum Gasteiger partial charge on any atom is -0.507 e. The molecule has 0 saturated carbocycles. The van der Waals surface area contributed by atoms with Crippen LogP contribution < -0.4 is 10.5 Å². The van der Waals surface area contributed by atoms with Crippen molar-refractivity contribution in [1.82, 2.24) is 0 Å². The van der Waals surface area contributed by atoms with Crippen molar-refractivity contribution >= 4 is 5.97 Å². The summed E-state index contributed by atoms with van der Waals surface area (Å²) in [5.41, 5.74) is 5.82. The molecule has 4 nitrogen and oxygen atoms in total. The molecule has 70 valence electrons. The molecular weight excluding hydrogens is 170 g/mol. The zero-order valence-corrected chi connectivity index (χ0v) is 7.28. The summed E-state index contributed by atoms with van der Waals surface area (Å²) in [4.78, 5) is 10.6. The molecule has 0 spiro atoms. The quantitative estimate of drug-likeness (QED) is 0.522. The largest absolute Gasteiger partial charge is 0.507 e. The van der Waals surface area contributed by atoms with E-state index in [0.717, 1.165) is 0 Å². The van der Waals surface area contributed by atoms with E-state index >= 15 is 0 Å². The lowest BCUT2D eigenvalue weighted by Gasteiger charge is -2.07. The number of hydrogen-bond donors (Lipinski definition) is 2. The maximum Gasteiger partial charge on any atom is 0.308 e. The number of benzene rings is 1. The van der Waals surface area contributed by atoms with E-state index in [9.17, 15) is 9.90 Å². The van der Waals surface area contributed by atoms with Crippen LogP contribution in [0.1, 0.15) is 12.5 Å². The lowest BCUT2D eigenvalue weighted by Crippen LogP contribution is -2.06. The maximum absolute atomic E-state index is 10.6. The number of phenolic OH excluding ortho intramolecular Hbond substituents is 1. The fraction of sp³-hybridized carbons (Fsp3) is 0.222. The van der Waals surface area contributed by atoms with Crippen LogP contribution in [0.25, 0.3) is 0 Å². The fourth-order valence-electron chi connectivity index (χ4n) is 1.01. The van der Waals surface area contributed by atoms with Gasteiger partial charge in [-0.2, -0.15) is 0 Å². The van der Waals surface area contributed by atoms with Crippen LogP contribution in [0, 0.1) is 0 Å². The van der Waals surface area contributed by atoms with Crippen molar-refractivity contribution < 1.29 is 14.6 Å². The Labute approximate surface area is 75.9 Å². The topological polar surface area (TPSA) is 72.5 Å². The highest BCUT2D eigenvalue weighted by molar-refractivity contribution is 5.70. The number of esters is 1. The van der Waals surface area contributed by atoms with Crippen LogP contribution in [0.15, 0.2) is 18.2 Å². The van der Waals surface area contributed by atoms with Crippen LogP contribution in [-0.2, 0) is 11.3 Å². The van der Waals surface area contributed by atoms with Gasteiger partial charge in [-0.15, -0.1) is 0 Å². The van der Waals surface area contributed by atoms with E-state index in [-0.39, 0.29) is 12.3 Å². The highest BCUT2D eigenvalue weighted by Crippen LogP contribution is 2.26. The molecule has 0 saturated heterocycles. The van der Waals surface area contributed by atoms with E-state index in [1.807, 2.05) is 0 Å². The second-order valence-corrected chi connectivity index (χ2v) is 2.55. The monoisotopic (exact) mass is 181 g/mol. The van der Waals surface area contributed by atoms with Crippen molar-refractivity contribution in [1.29, 1.82) is 0 Å². The van der Waals surface area contributed by atoms with Gasteiger partial charge in [-0.25, -0.2) is 0 Å². The van der Waals surface area contributed by atoms with Gasteiger partial charge in [-0.1, -0.05) is 6.07 Å². The zero-order valence-electron chi connectivity index (χ0n) is 7.28. The van der Waals surface area contributed by atoms with Crippen LogP contribution in [-0.4, -0.2) is 11.1 Å². The van der Waals surface area contributed by atoms with E-state index in [0.29, 0.717) is 11.3 Å². The van der Waals surface area contributed by atoms with Crippen LogP contribution >= 0.6 is 0 Å². The SMILES string of the molecule is CC(=O)Oc1cccc(O)c1CN. The smallest absolute Gasteiger partial charge is 0.308 e. The molecular formula is C9H11NO3. The molecule has 0 bridgehead atoms. The Hall–Kier alpha value is -1.55. The van der Waals surface area contributed by atoms with Gasteiger partial charge in [0.15, 0.2) is 0 Å². The molecule has 1 aromatic carbocycles. The Morgan fingerprint density at radius 3 is 2.85 bits per heavy atom. The lowest BCUT2D eigenvalue weighted by atomic mass is 10.2. The summed E-state index contributed by atoms with van der Waals surface area (Å²) in [6.07, 6.45) is 0. The molecule has 0 radical (unpaired) electrons. The second-order valence-electron chi connectivity index (χ2n) is 2.55. The number of aromatic hydroxyl groups is 1. The number of rotatable bonds is 2. The van der Waals surface area contributed by atoms with Crippen molar-refractivity contribution in [3.8, 4) is 11.5 Å². The molecule has 0 heterocycles. The Morgan fingerprint density at radius 2 is 2.31 bits per heavy atom. The number of carbonyl (C=O) groups is 1. The van der Waals surface area contributed by atoms with Crippen LogP contribution in [0.5, 0.6) is 11.5 Å². The number of phenols is 1. The van der Waals surface area contributed by atoms with Crippen LogP contribution in [0.4, 0.5) is 0 Å². The van der Waals surface area contributed by atoms with Gasteiger partial charge in [0.05, 0.1) is 5.56 Å². The van der Waals surface area contributed by atoms with Crippen LogP contribution in [0.2, 0.25) is 0 Å². The third kappa shape index (κ3) is 2.19. The van der Waals surface area contributed by atoms with E-state index in [1.165, 1.54) is 13.0 Å². The second kappa shape index (κ2) is 3.91. The molecule has 3 N–H and O–H groups in total. The fourth-order valence-corrected chi connectivity index (χ4v) is 1.01.